The van der Waals surface area contributed by atoms with Gasteiger partial charge in [-0.05, 0) is 0 Å². The summed E-state index contributed by atoms with van der Waals surface area (Å²) in [6.45, 7) is 0. The van der Waals surface area contributed by atoms with E-state index < -0.39 is 0 Å². The van der Waals surface area contributed by atoms with Gasteiger partial charge < -0.3 is 10.9 Å². The minimum atomic E-state index is 0.0306. The monoisotopic (exact) mass is 177 g/mol. The number of hydrogen-bond acceptors (Lipinski definition) is 4. The maximum absolute atomic E-state index is 8.47. The third kappa shape index (κ3) is 1.08. The van der Waals surface area contributed by atoms with E-state index in [1.807, 2.05) is 0 Å². The van der Waals surface area contributed by atoms with Crippen LogP contribution in [0.25, 0.3) is 5.52 Å². The minimum Gasteiger partial charge on any atom is -0.409 e. The Kier molecular flexibility index (Phi) is 1.59. The third-order valence-electron chi connectivity index (χ3n) is 1.71. The summed E-state index contributed by atoms with van der Waals surface area (Å²) in [5.41, 5.74) is 6.70. The lowest BCUT2D eigenvalue weighted by Crippen LogP contribution is -2.12. The Morgan fingerprint density at radius 3 is 3.15 bits per heavy atom. The fourth-order valence-electron chi connectivity index (χ4n) is 1.09. The fourth-order valence-corrected chi connectivity index (χ4v) is 1.09. The second kappa shape index (κ2) is 2.74. The zero-order valence-electron chi connectivity index (χ0n) is 6.62. The predicted molar refractivity (Wildman–Crippen MR) is 45.5 cm³/mol. The van der Waals surface area contributed by atoms with Crippen molar-refractivity contribution in [1.29, 1.82) is 0 Å². The van der Waals surface area contributed by atoms with Crippen LogP contribution in [-0.4, -0.2) is 25.6 Å². The molecule has 0 aromatic carbocycles. The van der Waals surface area contributed by atoms with Crippen LogP contribution in [0.15, 0.2) is 29.9 Å². The number of nitrogens with zero attached hydrogens (tertiary/aromatic N) is 4. The van der Waals surface area contributed by atoms with Gasteiger partial charge >= 0.3 is 0 Å². The van der Waals surface area contributed by atoms with Crippen molar-refractivity contribution in [2.24, 2.45) is 10.9 Å². The van der Waals surface area contributed by atoms with Crippen LogP contribution in [0, 0.1) is 0 Å². The molecule has 0 aliphatic carbocycles. The van der Waals surface area contributed by atoms with E-state index in [2.05, 4.69) is 15.2 Å². The first-order valence-electron chi connectivity index (χ1n) is 3.58. The number of hydrogen-bond donors (Lipinski definition) is 2. The molecule has 13 heavy (non-hydrogen) atoms. The SMILES string of the molecule is N/C(=N/O)c1cnn2ccncc12. The van der Waals surface area contributed by atoms with E-state index in [0.29, 0.717) is 11.1 Å². The number of nitrogens with two attached hydrogens (primary N) is 1. The summed E-state index contributed by atoms with van der Waals surface area (Å²) >= 11 is 0. The van der Waals surface area contributed by atoms with Gasteiger partial charge in [-0.25, -0.2) is 4.52 Å². The molecule has 0 saturated heterocycles. The number of rotatable bonds is 1. The van der Waals surface area contributed by atoms with Gasteiger partial charge in [0, 0.05) is 12.4 Å². The first-order chi connectivity index (χ1) is 6.33. The molecule has 0 aliphatic heterocycles. The van der Waals surface area contributed by atoms with Gasteiger partial charge in [0.1, 0.15) is 0 Å². The first-order valence-corrected chi connectivity index (χ1v) is 3.58. The molecule has 6 heteroatoms. The van der Waals surface area contributed by atoms with Crippen molar-refractivity contribution in [3.05, 3.63) is 30.4 Å². The molecular formula is C7H7N5O. The van der Waals surface area contributed by atoms with E-state index in [-0.39, 0.29) is 5.84 Å². The summed E-state index contributed by atoms with van der Waals surface area (Å²) in [6.07, 6.45) is 6.41. The zero-order valence-corrected chi connectivity index (χ0v) is 6.62. The molecule has 3 N–H and O–H groups in total. The van der Waals surface area contributed by atoms with Crippen LogP contribution in [0.5, 0.6) is 0 Å². The molecule has 0 fully saturated rings. The average molecular weight is 177 g/mol. The topological polar surface area (TPSA) is 88.8 Å². The number of aromatic nitrogens is 3. The molecule has 0 bridgehead atoms. The lowest BCUT2D eigenvalue weighted by atomic mass is 10.3. The quantitative estimate of drug-likeness (QED) is 0.274. The predicted octanol–water partition coefficient (Wildman–Crippen LogP) is -0.176. The van der Waals surface area contributed by atoms with E-state index >= 15 is 0 Å². The molecular weight excluding hydrogens is 170 g/mol. The van der Waals surface area contributed by atoms with Crippen LogP contribution in [0.2, 0.25) is 0 Å². The summed E-state index contributed by atoms with van der Waals surface area (Å²) < 4.78 is 1.60. The fraction of sp³-hybridized carbons (Fsp3) is 0. The molecule has 6 nitrogen and oxygen atoms in total. The van der Waals surface area contributed by atoms with E-state index in [1.54, 1.807) is 23.1 Å². The Bertz CT molecular complexity index is 461. The van der Waals surface area contributed by atoms with Gasteiger partial charge in [0.15, 0.2) is 5.84 Å². The second-order valence-electron chi connectivity index (χ2n) is 2.45. The van der Waals surface area contributed by atoms with Crippen LogP contribution in [0.1, 0.15) is 5.56 Å². The van der Waals surface area contributed by atoms with Gasteiger partial charge in [-0.3, -0.25) is 4.98 Å². The second-order valence-corrected chi connectivity index (χ2v) is 2.45. The van der Waals surface area contributed by atoms with Gasteiger partial charge in [0.2, 0.25) is 0 Å². The summed E-state index contributed by atoms with van der Waals surface area (Å²) in [5, 5.41) is 15.4. The Balaban J connectivity index is 2.71. The summed E-state index contributed by atoms with van der Waals surface area (Å²) in [6, 6.07) is 0. The lowest BCUT2D eigenvalue weighted by molar-refractivity contribution is 0.318. The molecule has 0 atom stereocenters. The van der Waals surface area contributed by atoms with Crippen molar-refractivity contribution < 1.29 is 5.21 Å². The van der Waals surface area contributed by atoms with Gasteiger partial charge in [0.05, 0.1) is 23.5 Å². The Morgan fingerprint density at radius 2 is 2.38 bits per heavy atom. The zero-order chi connectivity index (χ0) is 9.26. The third-order valence-corrected chi connectivity index (χ3v) is 1.71. The van der Waals surface area contributed by atoms with E-state index in [4.69, 9.17) is 10.9 Å². The molecule has 0 spiro atoms. The lowest BCUT2D eigenvalue weighted by Gasteiger charge is -1.94. The molecule has 0 saturated carbocycles. The Hall–Kier alpha value is -2.11. The van der Waals surface area contributed by atoms with Crippen LogP contribution >= 0.6 is 0 Å². The van der Waals surface area contributed by atoms with Crippen molar-refractivity contribution in [2.45, 2.75) is 0 Å². The van der Waals surface area contributed by atoms with Gasteiger partial charge in [-0.15, -0.1) is 0 Å². The molecule has 2 rings (SSSR count). The number of fused-ring (bicyclic) bond motifs is 1. The van der Waals surface area contributed by atoms with Crippen molar-refractivity contribution in [3.63, 3.8) is 0 Å². The van der Waals surface area contributed by atoms with Crippen LogP contribution in [-0.2, 0) is 0 Å². The maximum Gasteiger partial charge on any atom is 0.173 e. The average Bonchev–Trinajstić information content (AvgIpc) is 2.60. The summed E-state index contributed by atoms with van der Waals surface area (Å²) in [4.78, 5) is 3.91. The van der Waals surface area contributed by atoms with Crippen molar-refractivity contribution in [2.75, 3.05) is 0 Å². The highest BCUT2D eigenvalue weighted by Crippen LogP contribution is 2.07. The largest absolute Gasteiger partial charge is 0.409 e. The highest BCUT2D eigenvalue weighted by atomic mass is 16.4. The Labute approximate surface area is 73.3 Å². The smallest absolute Gasteiger partial charge is 0.173 e. The van der Waals surface area contributed by atoms with Crippen LogP contribution in [0.4, 0.5) is 0 Å². The van der Waals surface area contributed by atoms with Crippen molar-refractivity contribution >= 4 is 11.4 Å². The van der Waals surface area contributed by atoms with Gasteiger partial charge in [-0.2, -0.15) is 5.10 Å². The maximum atomic E-state index is 8.47. The standard InChI is InChI=1S/C7H7N5O/c8-7(11-13)5-3-10-12-2-1-9-4-6(5)12/h1-4,13H,(H2,8,11). The molecule has 2 heterocycles. The van der Waals surface area contributed by atoms with Gasteiger partial charge in [-0.1, -0.05) is 5.16 Å². The number of oxime groups is 1. The van der Waals surface area contributed by atoms with E-state index in [9.17, 15) is 0 Å². The van der Waals surface area contributed by atoms with E-state index in [0.717, 1.165) is 0 Å². The number of amidine groups is 1. The van der Waals surface area contributed by atoms with Crippen LogP contribution in [0.3, 0.4) is 0 Å². The minimum absolute atomic E-state index is 0.0306. The van der Waals surface area contributed by atoms with Crippen molar-refractivity contribution in [3.8, 4) is 0 Å². The highest BCUT2D eigenvalue weighted by Gasteiger charge is 2.06. The summed E-state index contributed by atoms with van der Waals surface area (Å²) in [5.74, 6) is 0.0306. The molecule has 0 aliphatic rings. The molecule has 66 valence electrons. The highest BCUT2D eigenvalue weighted by molar-refractivity contribution is 6.02. The molecule has 2 aromatic heterocycles. The van der Waals surface area contributed by atoms with E-state index in [1.165, 1.54) is 6.20 Å². The Morgan fingerprint density at radius 1 is 1.54 bits per heavy atom. The normalized spacial score (nSPS) is 12.2. The molecule has 0 radical (unpaired) electrons. The summed E-state index contributed by atoms with van der Waals surface area (Å²) in [7, 11) is 0. The molecule has 0 amide bonds. The molecule has 0 unspecified atom stereocenters. The van der Waals surface area contributed by atoms with Crippen molar-refractivity contribution in [1.82, 2.24) is 14.6 Å². The van der Waals surface area contributed by atoms with Gasteiger partial charge in [0.25, 0.3) is 0 Å². The first kappa shape index (κ1) is 7.53. The molecule has 2 aromatic rings. The van der Waals surface area contributed by atoms with Crippen LogP contribution < -0.4 is 5.73 Å².